The summed E-state index contributed by atoms with van der Waals surface area (Å²) in [4.78, 5) is 0. The fraction of sp³-hybridized carbons (Fsp3) is 0.182. The zero-order chi connectivity index (χ0) is 10.7. The van der Waals surface area contributed by atoms with Crippen LogP contribution in [0.2, 0.25) is 0 Å². The lowest BCUT2D eigenvalue weighted by molar-refractivity contribution is 0.282. The van der Waals surface area contributed by atoms with Gasteiger partial charge in [0.1, 0.15) is 0 Å². The molecule has 3 nitrogen and oxygen atoms in total. The Morgan fingerprint density at radius 1 is 1.20 bits per heavy atom. The smallest absolute Gasteiger partial charge is 0.0681 e. The number of aliphatic hydroxyl groups excluding tert-OH is 1. The molecule has 15 heavy (non-hydrogen) atoms. The van der Waals surface area contributed by atoms with E-state index in [1.807, 2.05) is 35.1 Å². The molecule has 0 aliphatic heterocycles. The Hall–Kier alpha value is -1.13. The molecule has 2 aromatic rings. The molecule has 0 aliphatic carbocycles. The minimum Gasteiger partial charge on any atom is -0.392 e. The summed E-state index contributed by atoms with van der Waals surface area (Å²) in [5.74, 6) is 0. The molecule has 1 heterocycles. The minimum absolute atomic E-state index is 0.0909. The quantitative estimate of drug-likeness (QED) is 0.925. The maximum absolute atomic E-state index is 8.90. The summed E-state index contributed by atoms with van der Waals surface area (Å²) in [6.07, 6.45) is 3.70. The highest BCUT2D eigenvalue weighted by atomic mass is 79.9. The first-order chi connectivity index (χ1) is 7.28. The summed E-state index contributed by atoms with van der Waals surface area (Å²) >= 11 is 3.35. The van der Waals surface area contributed by atoms with Crippen LogP contribution in [0.1, 0.15) is 11.1 Å². The fourth-order valence-corrected chi connectivity index (χ4v) is 1.69. The lowest BCUT2D eigenvalue weighted by Gasteiger charge is -2.02. The van der Waals surface area contributed by atoms with Crippen molar-refractivity contribution in [3.8, 4) is 0 Å². The molecule has 1 N–H and O–H groups in total. The average Bonchev–Trinajstić information content (AvgIpc) is 2.65. The van der Waals surface area contributed by atoms with E-state index in [4.69, 9.17) is 5.11 Å². The lowest BCUT2D eigenvalue weighted by atomic mass is 10.1. The van der Waals surface area contributed by atoms with Gasteiger partial charge in [-0.15, -0.1) is 0 Å². The van der Waals surface area contributed by atoms with Crippen LogP contribution < -0.4 is 0 Å². The summed E-state index contributed by atoms with van der Waals surface area (Å²) in [6.45, 7) is 0.838. The van der Waals surface area contributed by atoms with Crippen LogP contribution in [-0.2, 0) is 13.2 Å². The second-order valence-electron chi connectivity index (χ2n) is 3.33. The summed E-state index contributed by atoms with van der Waals surface area (Å²) in [5, 5.41) is 13.1. The number of hydrogen-bond acceptors (Lipinski definition) is 2. The Balaban J connectivity index is 2.11. The van der Waals surface area contributed by atoms with Crippen molar-refractivity contribution in [2.45, 2.75) is 13.2 Å². The standard InChI is InChI=1S/C11H11BrN2O/c12-11-5-13-14(7-11)6-9-1-3-10(8-15)4-2-9/h1-5,7,15H,6,8H2. The van der Waals surface area contributed by atoms with E-state index in [9.17, 15) is 0 Å². The molecule has 0 aliphatic rings. The molecule has 0 unspecified atom stereocenters. The van der Waals surface area contributed by atoms with Crippen molar-refractivity contribution in [1.82, 2.24) is 9.78 Å². The Labute approximate surface area is 96.5 Å². The van der Waals surface area contributed by atoms with E-state index in [1.165, 1.54) is 5.56 Å². The first-order valence-corrected chi connectivity index (χ1v) is 5.44. The molecule has 0 fully saturated rings. The van der Waals surface area contributed by atoms with Crippen molar-refractivity contribution in [2.24, 2.45) is 0 Å². The van der Waals surface area contributed by atoms with Gasteiger partial charge in [-0.2, -0.15) is 5.10 Å². The van der Waals surface area contributed by atoms with Crippen LogP contribution in [-0.4, -0.2) is 14.9 Å². The Morgan fingerprint density at radius 2 is 1.87 bits per heavy atom. The summed E-state index contributed by atoms with van der Waals surface area (Å²) in [5.41, 5.74) is 2.10. The highest BCUT2D eigenvalue weighted by Crippen LogP contribution is 2.09. The highest BCUT2D eigenvalue weighted by molar-refractivity contribution is 9.10. The molecule has 0 saturated heterocycles. The van der Waals surface area contributed by atoms with E-state index in [0.29, 0.717) is 0 Å². The summed E-state index contributed by atoms with van der Waals surface area (Å²) < 4.78 is 2.84. The zero-order valence-corrected chi connectivity index (χ0v) is 9.68. The molecular weight excluding hydrogens is 256 g/mol. The Morgan fingerprint density at radius 3 is 2.40 bits per heavy atom. The Bertz CT molecular complexity index is 436. The van der Waals surface area contributed by atoms with Crippen molar-refractivity contribution in [1.29, 1.82) is 0 Å². The number of hydrogen-bond donors (Lipinski definition) is 1. The summed E-state index contributed by atoms with van der Waals surface area (Å²) in [7, 11) is 0. The Kier molecular flexibility index (Phi) is 3.18. The third kappa shape index (κ3) is 2.67. The number of nitrogens with zero attached hydrogens (tertiary/aromatic N) is 2. The number of rotatable bonds is 3. The monoisotopic (exact) mass is 266 g/mol. The van der Waals surface area contributed by atoms with Crippen LogP contribution in [0.4, 0.5) is 0 Å². The van der Waals surface area contributed by atoms with Crippen molar-refractivity contribution in [3.63, 3.8) is 0 Å². The molecule has 0 bridgehead atoms. The van der Waals surface area contributed by atoms with Gasteiger partial charge in [0.2, 0.25) is 0 Å². The van der Waals surface area contributed by atoms with Crippen molar-refractivity contribution >= 4 is 15.9 Å². The molecule has 0 radical (unpaired) electrons. The maximum atomic E-state index is 8.90. The van der Waals surface area contributed by atoms with Gasteiger partial charge in [0, 0.05) is 6.20 Å². The van der Waals surface area contributed by atoms with Gasteiger partial charge in [0.05, 0.1) is 23.8 Å². The SMILES string of the molecule is OCc1ccc(Cn2cc(Br)cn2)cc1. The van der Waals surface area contributed by atoms with Gasteiger partial charge in [-0.25, -0.2) is 0 Å². The van der Waals surface area contributed by atoms with Crippen LogP contribution in [0.25, 0.3) is 0 Å². The molecule has 1 aromatic heterocycles. The lowest BCUT2D eigenvalue weighted by Crippen LogP contribution is -1.99. The van der Waals surface area contributed by atoms with Crippen LogP contribution in [0.5, 0.6) is 0 Å². The zero-order valence-electron chi connectivity index (χ0n) is 8.10. The van der Waals surface area contributed by atoms with Gasteiger partial charge in [-0.3, -0.25) is 4.68 Å². The van der Waals surface area contributed by atoms with E-state index in [1.54, 1.807) is 6.20 Å². The molecular formula is C11H11BrN2O. The molecule has 1 aromatic carbocycles. The van der Waals surface area contributed by atoms with Crippen LogP contribution in [0, 0.1) is 0 Å². The number of aromatic nitrogens is 2. The summed E-state index contributed by atoms with van der Waals surface area (Å²) in [6, 6.07) is 7.85. The number of aliphatic hydroxyl groups is 1. The first kappa shape index (κ1) is 10.4. The molecule has 78 valence electrons. The minimum atomic E-state index is 0.0909. The van der Waals surface area contributed by atoms with E-state index >= 15 is 0 Å². The van der Waals surface area contributed by atoms with Gasteiger partial charge < -0.3 is 5.11 Å². The molecule has 0 atom stereocenters. The van der Waals surface area contributed by atoms with Crippen LogP contribution in [0.3, 0.4) is 0 Å². The second-order valence-corrected chi connectivity index (χ2v) is 4.25. The van der Waals surface area contributed by atoms with Crippen molar-refractivity contribution < 1.29 is 5.11 Å². The van der Waals surface area contributed by atoms with Gasteiger partial charge in [-0.1, -0.05) is 24.3 Å². The second kappa shape index (κ2) is 4.59. The molecule has 2 rings (SSSR count). The predicted molar refractivity (Wildman–Crippen MR) is 61.4 cm³/mol. The van der Waals surface area contributed by atoms with E-state index < -0.39 is 0 Å². The third-order valence-corrected chi connectivity index (χ3v) is 2.56. The van der Waals surface area contributed by atoms with Crippen molar-refractivity contribution in [2.75, 3.05) is 0 Å². The highest BCUT2D eigenvalue weighted by Gasteiger charge is 1.97. The third-order valence-electron chi connectivity index (χ3n) is 2.15. The van der Waals surface area contributed by atoms with Gasteiger partial charge in [0.25, 0.3) is 0 Å². The molecule has 0 spiro atoms. The van der Waals surface area contributed by atoms with E-state index in [-0.39, 0.29) is 6.61 Å². The average molecular weight is 267 g/mol. The first-order valence-electron chi connectivity index (χ1n) is 4.64. The normalized spacial score (nSPS) is 10.5. The van der Waals surface area contributed by atoms with Crippen LogP contribution >= 0.6 is 15.9 Å². The number of halogens is 1. The largest absolute Gasteiger partial charge is 0.392 e. The number of benzene rings is 1. The molecule has 4 heteroatoms. The fourth-order valence-electron chi connectivity index (χ4n) is 1.36. The van der Waals surface area contributed by atoms with Crippen molar-refractivity contribution in [3.05, 3.63) is 52.3 Å². The molecule has 0 saturated carbocycles. The predicted octanol–water partition coefficient (Wildman–Crippen LogP) is 2.19. The van der Waals surface area contributed by atoms with Gasteiger partial charge >= 0.3 is 0 Å². The van der Waals surface area contributed by atoms with Gasteiger partial charge in [-0.05, 0) is 27.1 Å². The van der Waals surface area contributed by atoms with E-state index in [0.717, 1.165) is 16.6 Å². The maximum Gasteiger partial charge on any atom is 0.0681 e. The molecule has 0 amide bonds. The van der Waals surface area contributed by atoms with Gasteiger partial charge in [0.15, 0.2) is 0 Å². The topological polar surface area (TPSA) is 38.0 Å². The van der Waals surface area contributed by atoms with Crippen LogP contribution in [0.15, 0.2) is 41.1 Å². The van der Waals surface area contributed by atoms with E-state index in [2.05, 4.69) is 21.0 Å².